The second-order valence-electron chi connectivity index (χ2n) is 6.51. The molecular formula is C21H21NO6S. The van der Waals surface area contributed by atoms with Crippen LogP contribution in [-0.2, 0) is 25.9 Å². The summed E-state index contributed by atoms with van der Waals surface area (Å²) in [5.41, 5.74) is 1.05. The molecular weight excluding hydrogens is 394 g/mol. The van der Waals surface area contributed by atoms with Gasteiger partial charge in [0.1, 0.15) is 11.3 Å². The number of carbonyl (C=O) groups excluding carboxylic acids is 2. The van der Waals surface area contributed by atoms with Crippen molar-refractivity contribution >= 4 is 21.7 Å². The first-order valence-electron chi connectivity index (χ1n) is 8.94. The maximum absolute atomic E-state index is 12.8. The van der Waals surface area contributed by atoms with Gasteiger partial charge in [0, 0.05) is 12.0 Å². The van der Waals surface area contributed by atoms with Crippen molar-refractivity contribution in [2.24, 2.45) is 0 Å². The highest BCUT2D eigenvalue weighted by Crippen LogP contribution is 2.20. The number of para-hydroxylation sites is 1. The number of esters is 1. The van der Waals surface area contributed by atoms with E-state index >= 15 is 0 Å². The van der Waals surface area contributed by atoms with Crippen LogP contribution in [0.3, 0.4) is 0 Å². The third-order valence-corrected chi connectivity index (χ3v) is 5.86. The highest BCUT2D eigenvalue weighted by Gasteiger charge is 2.31. The summed E-state index contributed by atoms with van der Waals surface area (Å²) in [6, 6.07) is 15.1. The van der Waals surface area contributed by atoms with Gasteiger partial charge in [-0.15, -0.1) is 0 Å². The molecule has 1 amide bonds. The molecule has 8 heteroatoms. The van der Waals surface area contributed by atoms with Crippen molar-refractivity contribution in [3.8, 4) is 5.75 Å². The zero-order valence-electron chi connectivity index (χ0n) is 15.9. The van der Waals surface area contributed by atoms with E-state index < -0.39 is 34.4 Å². The van der Waals surface area contributed by atoms with E-state index in [0.717, 1.165) is 11.0 Å². The van der Waals surface area contributed by atoms with Crippen LogP contribution in [0.2, 0.25) is 0 Å². The molecule has 29 heavy (non-hydrogen) atoms. The second-order valence-corrected chi connectivity index (χ2v) is 8.44. The molecule has 1 aliphatic rings. The number of carbonyl (C=O) groups is 2. The Morgan fingerprint density at radius 3 is 2.41 bits per heavy atom. The number of hydrogen-bond donors (Lipinski definition) is 0. The fourth-order valence-corrected chi connectivity index (χ4v) is 4.32. The van der Waals surface area contributed by atoms with Crippen LogP contribution in [0.15, 0.2) is 66.1 Å². The summed E-state index contributed by atoms with van der Waals surface area (Å²) in [6.45, 7) is -0.301. The zero-order valence-corrected chi connectivity index (χ0v) is 16.7. The topological polar surface area (TPSA) is 90.0 Å². The van der Waals surface area contributed by atoms with E-state index in [9.17, 15) is 18.0 Å². The second kappa shape index (κ2) is 8.91. The molecule has 0 radical (unpaired) electrons. The molecule has 0 unspecified atom stereocenters. The minimum Gasteiger partial charge on any atom is -0.496 e. The smallest absolute Gasteiger partial charge is 0.342 e. The molecule has 0 aromatic heterocycles. The van der Waals surface area contributed by atoms with Gasteiger partial charge >= 0.3 is 5.97 Å². The van der Waals surface area contributed by atoms with E-state index in [1.165, 1.54) is 18.1 Å². The van der Waals surface area contributed by atoms with E-state index in [1.807, 2.05) is 30.3 Å². The SMILES string of the molecule is COc1ccccc1C(=O)OCC(=O)N(Cc1ccccc1)[C@H]1C=CS(=O)(=O)C1. The summed E-state index contributed by atoms with van der Waals surface area (Å²) in [5.74, 6) is -1.02. The van der Waals surface area contributed by atoms with Gasteiger partial charge in [-0.2, -0.15) is 0 Å². The van der Waals surface area contributed by atoms with Crippen LogP contribution in [0.25, 0.3) is 0 Å². The van der Waals surface area contributed by atoms with Crippen LogP contribution in [0.1, 0.15) is 15.9 Å². The maximum atomic E-state index is 12.8. The predicted octanol–water partition coefficient (Wildman–Crippen LogP) is 2.19. The van der Waals surface area contributed by atoms with Gasteiger partial charge in [-0.25, -0.2) is 13.2 Å². The van der Waals surface area contributed by atoms with Crippen LogP contribution in [0, 0.1) is 0 Å². The fourth-order valence-electron chi connectivity index (χ4n) is 3.03. The van der Waals surface area contributed by atoms with E-state index in [4.69, 9.17) is 9.47 Å². The molecule has 0 bridgehead atoms. The Kier molecular flexibility index (Phi) is 6.33. The maximum Gasteiger partial charge on any atom is 0.342 e. The Labute approximate surface area is 169 Å². The average molecular weight is 415 g/mol. The van der Waals surface area contributed by atoms with Crippen molar-refractivity contribution in [2.75, 3.05) is 19.5 Å². The number of nitrogens with zero attached hydrogens (tertiary/aromatic N) is 1. The first-order chi connectivity index (χ1) is 13.9. The number of ether oxygens (including phenoxy) is 2. The largest absolute Gasteiger partial charge is 0.496 e. The van der Waals surface area contributed by atoms with Crippen molar-refractivity contribution in [1.29, 1.82) is 0 Å². The van der Waals surface area contributed by atoms with Gasteiger partial charge < -0.3 is 14.4 Å². The van der Waals surface area contributed by atoms with Crippen molar-refractivity contribution in [3.05, 3.63) is 77.2 Å². The van der Waals surface area contributed by atoms with Crippen LogP contribution in [0.4, 0.5) is 0 Å². The van der Waals surface area contributed by atoms with E-state index in [2.05, 4.69) is 0 Å². The lowest BCUT2D eigenvalue weighted by molar-refractivity contribution is -0.136. The van der Waals surface area contributed by atoms with Crippen LogP contribution in [-0.4, -0.2) is 50.7 Å². The van der Waals surface area contributed by atoms with Crippen molar-refractivity contribution < 1.29 is 27.5 Å². The molecule has 0 spiro atoms. The fraction of sp³-hybridized carbons (Fsp3) is 0.238. The number of hydrogen-bond acceptors (Lipinski definition) is 6. The van der Waals surface area contributed by atoms with E-state index in [-0.39, 0.29) is 17.9 Å². The van der Waals surface area contributed by atoms with Gasteiger partial charge in [0.05, 0.1) is 18.9 Å². The molecule has 3 rings (SSSR count). The number of benzene rings is 2. The van der Waals surface area contributed by atoms with Crippen molar-refractivity contribution in [1.82, 2.24) is 4.90 Å². The minimum absolute atomic E-state index is 0.188. The monoisotopic (exact) mass is 415 g/mol. The van der Waals surface area contributed by atoms with Gasteiger partial charge in [-0.3, -0.25) is 4.79 Å². The highest BCUT2D eigenvalue weighted by molar-refractivity contribution is 7.94. The average Bonchev–Trinajstić information content (AvgIpc) is 3.10. The molecule has 0 saturated carbocycles. The van der Waals surface area contributed by atoms with Gasteiger partial charge in [-0.05, 0) is 23.8 Å². The van der Waals surface area contributed by atoms with Crippen LogP contribution in [0.5, 0.6) is 5.75 Å². The Morgan fingerprint density at radius 1 is 1.07 bits per heavy atom. The molecule has 1 aliphatic heterocycles. The van der Waals surface area contributed by atoms with Crippen LogP contribution < -0.4 is 4.74 Å². The van der Waals surface area contributed by atoms with Gasteiger partial charge in [0.25, 0.3) is 5.91 Å². The summed E-state index contributed by atoms with van der Waals surface area (Å²) in [7, 11) is -1.91. The minimum atomic E-state index is -3.35. The quantitative estimate of drug-likeness (QED) is 0.644. The lowest BCUT2D eigenvalue weighted by Gasteiger charge is -2.27. The molecule has 0 fully saturated rings. The van der Waals surface area contributed by atoms with Gasteiger partial charge in [0.15, 0.2) is 16.4 Å². The molecule has 0 saturated heterocycles. The van der Waals surface area contributed by atoms with E-state index in [1.54, 1.807) is 24.3 Å². The Hall–Kier alpha value is -3.13. The number of methoxy groups -OCH3 is 1. The summed E-state index contributed by atoms with van der Waals surface area (Å²) in [5, 5.41) is 1.11. The molecule has 0 aliphatic carbocycles. The first-order valence-corrected chi connectivity index (χ1v) is 10.7. The molecule has 2 aromatic carbocycles. The van der Waals surface area contributed by atoms with Gasteiger partial charge in [-0.1, -0.05) is 42.5 Å². The third kappa shape index (κ3) is 5.23. The molecule has 1 heterocycles. The molecule has 7 nitrogen and oxygen atoms in total. The molecule has 1 atom stereocenters. The molecule has 152 valence electrons. The lowest BCUT2D eigenvalue weighted by atomic mass is 10.1. The van der Waals surface area contributed by atoms with Crippen LogP contribution >= 0.6 is 0 Å². The van der Waals surface area contributed by atoms with Crippen molar-refractivity contribution in [2.45, 2.75) is 12.6 Å². The number of sulfone groups is 1. The van der Waals surface area contributed by atoms with E-state index in [0.29, 0.717) is 5.75 Å². The summed E-state index contributed by atoms with van der Waals surface area (Å²) < 4.78 is 33.9. The predicted molar refractivity (Wildman–Crippen MR) is 107 cm³/mol. The number of rotatable bonds is 7. The third-order valence-electron chi connectivity index (χ3n) is 4.48. The Bertz CT molecular complexity index is 1020. The lowest BCUT2D eigenvalue weighted by Crippen LogP contribution is -2.42. The van der Waals surface area contributed by atoms with Crippen molar-refractivity contribution in [3.63, 3.8) is 0 Å². The standard InChI is InChI=1S/C21H21NO6S/c1-27-19-10-6-5-9-18(19)21(24)28-14-20(23)22(13-16-7-3-2-4-8-16)17-11-12-29(25,26)15-17/h2-12,17H,13-15H2,1H3/t17-/m0/s1. The molecule has 0 N–H and O–H groups in total. The summed E-state index contributed by atoms with van der Waals surface area (Å²) in [4.78, 5) is 26.6. The zero-order chi connectivity index (χ0) is 20.9. The summed E-state index contributed by atoms with van der Waals surface area (Å²) in [6.07, 6.45) is 1.48. The Balaban J connectivity index is 1.72. The normalized spacial score (nSPS) is 16.9. The highest BCUT2D eigenvalue weighted by atomic mass is 32.2. The summed E-state index contributed by atoms with van der Waals surface area (Å²) >= 11 is 0. The first kappa shape index (κ1) is 20.6. The number of amides is 1. The Morgan fingerprint density at radius 2 is 1.76 bits per heavy atom. The molecule has 2 aromatic rings. The van der Waals surface area contributed by atoms with Gasteiger partial charge in [0.2, 0.25) is 0 Å².